The van der Waals surface area contributed by atoms with Crippen LogP contribution in [0.5, 0.6) is 5.75 Å². The lowest BCUT2D eigenvalue weighted by molar-refractivity contribution is -0.0954. The van der Waals surface area contributed by atoms with Crippen LogP contribution in [0.25, 0.3) is 11.4 Å². The third-order valence-corrected chi connectivity index (χ3v) is 7.51. The molecular formula is C23H24ClN3O2S. The molecular weight excluding hydrogens is 418 g/mol. The third-order valence-electron chi connectivity index (χ3n) is 6.02. The molecule has 1 saturated heterocycles. The molecule has 0 aliphatic carbocycles. The lowest BCUT2D eigenvalue weighted by Crippen LogP contribution is -2.49. The van der Waals surface area contributed by atoms with Crippen molar-refractivity contribution in [2.45, 2.75) is 43.9 Å². The van der Waals surface area contributed by atoms with Gasteiger partial charge in [-0.25, -0.2) is 9.97 Å². The van der Waals surface area contributed by atoms with Crippen LogP contribution in [-0.2, 0) is 16.8 Å². The van der Waals surface area contributed by atoms with E-state index in [1.54, 1.807) is 18.4 Å². The van der Waals surface area contributed by atoms with Crippen molar-refractivity contribution in [3.05, 3.63) is 63.1 Å². The third kappa shape index (κ3) is 3.52. The minimum atomic E-state index is -0.290. The Morgan fingerprint density at radius 1 is 1.23 bits per heavy atom. The van der Waals surface area contributed by atoms with Gasteiger partial charge in [0.15, 0.2) is 5.82 Å². The summed E-state index contributed by atoms with van der Waals surface area (Å²) in [5, 5.41) is 3.71. The van der Waals surface area contributed by atoms with Gasteiger partial charge in [0.25, 0.3) is 0 Å². The van der Waals surface area contributed by atoms with E-state index in [1.165, 1.54) is 10.4 Å². The van der Waals surface area contributed by atoms with Gasteiger partial charge in [0, 0.05) is 41.3 Å². The van der Waals surface area contributed by atoms with Crippen LogP contribution in [-0.4, -0.2) is 29.7 Å². The fourth-order valence-corrected chi connectivity index (χ4v) is 6.22. The van der Waals surface area contributed by atoms with E-state index in [4.69, 9.17) is 21.1 Å². The quantitative estimate of drug-likeness (QED) is 0.609. The number of methoxy groups -OCH3 is 1. The SMILES string of the molecule is COc1ccccc1-c1ncc(C2CC3(CC(C)N2)OCCc2cc(Cl)sc23)cn1. The molecule has 5 rings (SSSR count). The predicted octanol–water partition coefficient (Wildman–Crippen LogP) is 5.15. The summed E-state index contributed by atoms with van der Waals surface area (Å²) in [6.45, 7) is 2.95. The van der Waals surface area contributed by atoms with Crippen LogP contribution in [0.3, 0.4) is 0 Å². The lowest BCUT2D eigenvalue weighted by atomic mass is 9.78. The summed E-state index contributed by atoms with van der Waals surface area (Å²) in [4.78, 5) is 10.6. The van der Waals surface area contributed by atoms with Gasteiger partial charge >= 0.3 is 0 Å². The number of halogens is 1. The molecule has 5 nitrogen and oxygen atoms in total. The van der Waals surface area contributed by atoms with Crippen LogP contribution in [0.4, 0.5) is 0 Å². The van der Waals surface area contributed by atoms with E-state index in [9.17, 15) is 0 Å². The van der Waals surface area contributed by atoms with Crippen molar-refractivity contribution in [2.24, 2.45) is 0 Å². The number of thiophene rings is 1. The van der Waals surface area contributed by atoms with Gasteiger partial charge in [-0.1, -0.05) is 23.7 Å². The molecule has 156 valence electrons. The monoisotopic (exact) mass is 441 g/mol. The van der Waals surface area contributed by atoms with Crippen molar-refractivity contribution in [2.75, 3.05) is 13.7 Å². The predicted molar refractivity (Wildman–Crippen MR) is 119 cm³/mol. The zero-order valence-corrected chi connectivity index (χ0v) is 18.6. The topological polar surface area (TPSA) is 56.3 Å². The molecule has 0 amide bonds. The van der Waals surface area contributed by atoms with Gasteiger partial charge < -0.3 is 14.8 Å². The second-order valence-electron chi connectivity index (χ2n) is 8.07. The Morgan fingerprint density at radius 2 is 2.03 bits per heavy atom. The summed E-state index contributed by atoms with van der Waals surface area (Å²) in [5.41, 5.74) is 3.01. The average molecular weight is 442 g/mol. The van der Waals surface area contributed by atoms with Crippen molar-refractivity contribution < 1.29 is 9.47 Å². The molecule has 0 bridgehead atoms. The number of ether oxygens (including phenoxy) is 2. The first-order valence-electron chi connectivity index (χ1n) is 10.2. The molecule has 2 aliphatic rings. The van der Waals surface area contributed by atoms with E-state index >= 15 is 0 Å². The minimum Gasteiger partial charge on any atom is -0.496 e. The maximum Gasteiger partial charge on any atom is 0.162 e. The smallest absolute Gasteiger partial charge is 0.162 e. The molecule has 2 aliphatic heterocycles. The minimum absolute atomic E-state index is 0.118. The summed E-state index contributed by atoms with van der Waals surface area (Å²) in [6.07, 6.45) is 6.56. The number of benzene rings is 1. The van der Waals surface area contributed by atoms with Gasteiger partial charge in [0.2, 0.25) is 0 Å². The van der Waals surface area contributed by atoms with Crippen molar-refractivity contribution >= 4 is 22.9 Å². The standard InChI is InChI=1S/C23H24ClN3O2S/c1-14-10-23(21-15(7-8-29-23)9-20(24)30-21)11-18(27-14)16-12-25-22(26-13-16)17-5-3-4-6-19(17)28-2/h3-6,9,12-14,18,27H,7-8,10-11H2,1-2H3. The zero-order valence-electron chi connectivity index (χ0n) is 17.0. The molecule has 1 N–H and O–H groups in total. The van der Waals surface area contributed by atoms with Gasteiger partial charge in [0.1, 0.15) is 11.4 Å². The Labute approximate surface area is 185 Å². The van der Waals surface area contributed by atoms with Crippen LogP contribution in [0, 0.1) is 0 Å². The Hall–Kier alpha value is -1.99. The van der Waals surface area contributed by atoms with Gasteiger partial charge in [-0.2, -0.15) is 0 Å². The Balaban J connectivity index is 1.45. The van der Waals surface area contributed by atoms with E-state index in [0.717, 1.165) is 47.1 Å². The van der Waals surface area contributed by atoms with E-state index in [-0.39, 0.29) is 11.6 Å². The first-order valence-corrected chi connectivity index (χ1v) is 11.4. The van der Waals surface area contributed by atoms with Crippen LogP contribution in [0.1, 0.15) is 41.8 Å². The van der Waals surface area contributed by atoms with Crippen LogP contribution in [0.15, 0.2) is 42.7 Å². The molecule has 4 heterocycles. The summed E-state index contributed by atoms with van der Waals surface area (Å²) in [5.74, 6) is 1.43. The van der Waals surface area contributed by atoms with Gasteiger partial charge in [-0.05, 0) is 43.5 Å². The Bertz CT molecular complexity index is 1050. The fraction of sp³-hybridized carbons (Fsp3) is 0.391. The largest absolute Gasteiger partial charge is 0.496 e. The molecule has 1 spiro atoms. The first-order chi connectivity index (χ1) is 14.6. The number of aromatic nitrogens is 2. The van der Waals surface area contributed by atoms with Gasteiger partial charge in [-0.3, -0.25) is 0 Å². The number of nitrogens with zero attached hydrogens (tertiary/aromatic N) is 2. The second-order valence-corrected chi connectivity index (χ2v) is 9.75. The molecule has 3 unspecified atom stereocenters. The van der Waals surface area contributed by atoms with Crippen LogP contribution >= 0.6 is 22.9 Å². The maximum atomic E-state index is 6.45. The number of nitrogens with one attached hydrogen (secondary N) is 1. The van der Waals surface area contributed by atoms with Gasteiger partial charge in [0.05, 0.1) is 23.6 Å². The number of piperidine rings is 1. The molecule has 3 aromatic rings. The highest BCUT2D eigenvalue weighted by Gasteiger charge is 2.46. The average Bonchev–Trinajstić information content (AvgIpc) is 3.15. The fourth-order valence-electron chi connectivity index (χ4n) is 4.76. The Morgan fingerprint density at radius 3 is 2.83 bits per heavy atom. The van der Waals surface area contributed by atoms with Crippen molar-refractivity contribution in [3.8, 4) is 17.1 Å². The summed E-state index contributed by atoms with van der Waals surface area (Å²) < 4.78 is 12.7. The summed E-state index contributed by atoms with van der Waals surface area (Å²) >= 11 is 8.03. The highest BCUT2D eigenvalue weighted by Crippen LogP contribution is 2.49. The Kier molecular flexibility index (Phi) is 5.27. The van der Waals surface area contributed by atoms with Crippen LogP contribution < -0.4 is 10.1 Å². The van der Waals surface area contributed by atoms with Crippen molar-refractivity contribution in [1.82, 2.24) is 15.3 Å². The normalized spacial score (nSPS) is 25.8. The second kappa shape index (κ2) is 7.93. The van der Waals surface area contributed by atoms with E-state index in [1.807, 2.05) is 36.7 Å². The highest BCUT2D eigenvalue weighted by atomic mass is 35.5. The lowest BCUT2D eigenvalue weighted by Gasteiger charge is -2.46. The van der Waals surface area contributed by atoms with Crippen molar-refractivity contribution in [1.29, 1.82) is 0 Å². The summed E-state index contributed by atoms with van der Waals surface area (Å²) in [7, 11) is 1.66. The first kappa shape index (κ1) is 19.9. The number of rotatable bonds is 3. The van der Waals surface area contributed by atoms with E-state index in [2.05, 4.69) is 28.3 Å². The number of para-hydroxylation sites is 1. The molecule has 30 heavy (non-hydrogen) atoms. The van der Waals surface area contributed by atoms with Gasteiger partial charge in [-0.15, -0.1) is 11.3 Å². The number of fused-ring (bicyclic) bond motifs is 2. The van der Waals surface area contributed by atoms with E-state index < -0.39 is 0 Å². The molecule has 0 saturated carbocycles. The van der Waals surface area contributed by atoms with E-state index in [0.29, 0.717) is 11.9 Å². The zero-order chi connectivity index (χ0) is 20.7. The molecule has 3 atom stereocenters. The van der Waals surface area contributed by atoms with Crippen molar-refractivity contribution in [3.63, 3.8) is 0 Å². The van der Waals surface area contributed by atoms with Crippen LogP contribution in [0.2, 0.25) is 4.34 Å². The molecule has 2 aromatic heterocycles. The molecule has 7 heteroatoms. The maximum absolute atomic E-state index is 6.45. The summed E-state index contributed by atoms with van der Waals surface area (Å²) in [6, 6.07) is 10.3. The number of hydrogen-bond acceptors (Lipinski definition) is 6. The highest BCUT2D eigenvalue weighted by molar-refractivity contribution is 7.16. The number of hydrogen-bond donors (Lipinski definition) is 1. The molecule has 1 aromatic carbocycles. The molecule has 1 fully saturated rings. The molecule has 0 radical (unpaired) electrons.